The van der Waals surface area contributed by atoms with Crippen molar-refractivity contribution in [2.45, 2.75) is 51.2 Å². The lowest BCUT2D eigenvalue weighted by Gasteiger charge is -2.22. The summed E-state index contributed by atoms with van der Waals surface area (Å²) in [5.74, 6) is -3.38. The lowest BCUT2D eigenvalue weighted by molar-refractivity contribution is -0.143. The van der Waals surface area contributed by atoms with Gasteiger partial charge in [0.15, 0.2) is 0 Å². The van der Waals surface area contributed by atoms with Gasteiger partial charge in [0.2, 0.25) is 11.8 Å². The van der Waals surface area contributed by atoms with Crippen LogP contribution in [0.4, 0.5) is 0 Å². The van der Waals surface area contributed by atoms with E-state index in [-0.39, 0.29) is 12.3 Å². The quantitative estimate of drug-likeness (QED) is 0.308. The fraction of sp³-hybridized carbons (Fsp3) is 0.733. The standard InChI is InChI=1S/C15H27N3O6S/c1-8(2)6-11(15(23)24)18-14(22)10(7-12(19)20)17-13(21)9(16)4-5-25-3/h8-11H,4-7,16H2,1-3H3,(H,17,21)(H,18,22)(H,19,20)(H,23,24). The minimum atomic E-state index is -1.39. The van der Waals surface area contributed by atoms with Gasteiger partial charge in [0, 0.05) is 0 Å². The van der Waals surface area contributed by atoms with Gasteiger partial charge in [-0.1, -0.05) is 13.8 Å². The van der Waals surface area contributed by atoms with Crippen LogP contribution in [-0.2, 0) is 19.2 Å². The molecule has 0 saturated carbocycles. The van der Waals surface area contributed by atoms with E-state index in [9.17, 15) is 19.2 Å². The van der Waals surface area contributed by atoms with Crippen molar-refractivity contribution >= 4 is 35.5 Å². The number of hydrogen-bond donors (Lipinski definition) is 5. The summed E-state index contributed by atoms with van der Waals surface area (Å²) in [4.78, 5) is 46.4. The van der Waals surface area contributed by atoms with Gasteiger partial charge >= 0.3 is 11.9 Å². The van der Waals surface area contributed by atoms with E-state index >= 15 is 0 Å². The Morgan fingerprint density at radius 3 is 2.04 bits per heavy atom. The highest BCUT2D eigenvalue weighted by atomic mass is 32.2. The Bertz CT molecular complexity index is 486. The molecular formula is C15H27N3O6S. The highest BCUT2D eigenvalue weighted by molar-refractivity contribution is 7.98. The number of hydrogen-bond acceptors (Lipinski definition) is 6. The molecule has 0 aliphatic rings. The third kappa shape index (κ3) is 9.92. The summed E-state index contributed by atoms with van der Waals surface area (Å²) >= 11 is 1.50. The second-order valence-corrected chi connectivity index (χ2v) is 7.06. The fourth-order valence-corrected chi connectivity index (χ4v) is 2.49. The average molecular weight is 377 g/mol. The lowest BCUT2D eigenvalue weighted by Crippen LogP contribution is -2.55. The Hall–Kier alpha value is -1.81. The number of amides is 2. The van der Waals surface area contributed by atoms with Gasteiger partial charge in [-0.05, 0) is 30.8 Å². The molecule has 6 N–H and O–H groups in total. The Kier molecular flexibility index (Phi) is 10.8. The summed E-state index contributed by atoms with van der Waals surface area (Å²) in [5, 5.41) is 22.7. The predicted molar refractivity (Wildman–Crippen MR) is 94.2 cm³/mol. The number of rotatable bonds is 12. The first-order chi connectivity index (χ1) is 11.6. The molecule has 0 aromatic rings. The van der Waals surface area contributed by atoms with E-state index in [0.717, 1.165) is 0 Å². The molecule has 0 radical (unpaired) electrons. The normalized spacial score (nSPS) is 14.4. The molecule has 2 amide bonds. The average Bonchev–Trinajstić information content (AvgIpc) is 2.49. The Labute approximate surface area is 151 Å². The fourth-order valence-electron chi connectivity index (χ4n) is 2.00. The third-order valence-corrected chi connectivity index (χ3v) is 3.95. The Morgan fingerprint density at radius 2 is 1.60 bits per heavy atom. The largest absolute Gasteiger partial charge is 0.481 e. The van der Waals surface area contributed by atoms with Crippen molar-refractivity contribution in [1.82, 2.24) is 10.6 Å². The van der Waals surface area contributed by atoms with Crippen molar-refractivity contribution in [3.8, 4) is 0 Å². The van der Waals surface area contributed by atoms with Crippen molar-refractivity contribution in [3.63, 3.8) is 0 Å². The topological polar surface area (TPSA) is 159 Å². The second-order valence-electron chi connectivity index (χ2n) is 6.08. The van der Waals surface area contributed by atoms with E-state index in [1.54, 1.807) is 13.8 Å². The van der Waals surface area contributed by atoms with E-state index < -0.39 is 48.3 Å². The first-order valence-corrected chi connectivity index (χ1v) is 9.27. The van der Waals surface area contributed by atoms with Crippen molar-refractivity contribution < 1.29 is 29.4 Å². The van der Waals surface area contributed by atoms with Crippen molar-refractivity contribution in [1.29, 1.82) is 0 Å². The van der Waals surface area contributed by atoms with Crippen molar-refractivity contribution in [3.05, 3.63) is 0 Å². The number of carboxylic acid groups (broad SMARTS) is 2. The zero-order chi connectivity index (χ0) is 19.6. The van der Waals surface area contributed by atoms with E-state index in [0.29, 0.717) is 12.2 Å². The number of carbonyl (C=O) groups is 4. The van der Waals surface area contributed by atoms with E-state index in [4.69, 9.17) is 15.9 Å². The van der Waals surface area contributed by atoms with E-state index in [2.05, 4.69) is 10.6 Å². The number of carboxylic acids is 2. The van der Waals surface area contributed by atoms with Crippen LogP contribution in [0.15, 0.2) is 0 Å². The van der Waals surface area contributed by atoms with Crippen molar-refractivity contribution in [2.75, 3.05) is 12.0 Å². The van der Waals surface area contributed by atoms with Gasteiger partial charge in [-0.3, -0.25) is 14.4 Å². The van der Waals surface area contributed by atoms with Crippen LogP contribution in [0.1, 0.15) is 33.1 Å². The zero-order valence-electron chi connectivity index (χ0n) is 14.7. The van der Waals surface area contributed by atoms with Gasteiger partial charge in [0.1, 0.15) is 12.1 Å². The molecule has 25 heavy (non-hydrogen) atoms. The molecule has 0 aliphatic carbocycles. The monoisotopic (exact) mass is 377 g/mol. The van der Waals surface area contributed by atoms with Crippen LogP contribution in [0.3, 0.4) is 0 Å². The van der Waals surface area contributed by atoms with Crippen LogP contribution >= 0.6 is 11.8 Å². The minimum Gasteiger partial charge on any atom is -0.481 e. The summed E-state index contributed by atoms with van der Waals surface area (Å²) in [6.45, 7) is 3.59. The number of thioether (sulfide) groups is 1. The number of nitrogens with two attached hydrogens (primary N) is 1. The molecular weight excluding hydrogens is 350 g/mol. The van der Waals surface area contributed by atoms with Gasteiger partial charge in [0.05, 0.1) is 12.5 Å². The van der Waals surface area contributed by atoms with Gasteiger partial charge in [-0.15, -0.1) is 0 Å². The van der Waals surface area contributed by atoms with Crippen LogP contribution < -0.4 is 16.4 Å². The van der Waals surface area contributed by atoms with Gasteiger partial charge in [-0.25, -0.2) is 4.79 Å². The van der Waals surface area contributed by atoms with Gasteiger partial charge in [0.25, 0.3) is 0 Å². The number of nitrogens with one attached hydrogen (secondary N) is 2. The molecule has 0 spiro atoms. The lowest BCUT2D eigenvalue weighted by atomic mass is 10.0. The maximum atomic E-state index is 12.2. The summed E-state index contributed by atoms with van der Waals surface area (Å²) < 4.78 is 0. The number of aliphatic carboxylic acids is 2. The van der Waals surface area contributed by atoms with E-state index in [1.807, 2.05) is 6.26 Å². The zero-order valence-corrected chi connectivity index (χ0v) is 15.5. The molecule has 0 aromatic heterocycles. The van der Waals surface area contributed by atoms with Crippen molar-refractivity contribution in [2.24, 2.45) is 11.7 Å². The molecule has 0 rings (SSSR count). The first kappa shape index (κ1) is 23.2. The minimum absolute atomic E-state index is 0.00822. The molecule has 144 valence electrons. The maximum absolute atomic E-state index is 12.2. The smallest absolute Gasteiger partial charge is 0.326 e. The molecule has 0 bridgehead atoms. The molecule has 3 unspecified atom stereocenters. The summed E-state index contributed by atoms with van der Waals surface area (Å²) in [6.07, 6.45) is 1.74. The summed E-state index contributed by atoms with van der Waals surface area (Å²) in [5.41, 5.74) is 5.70. The van der Waals surface area contributed by atoms with Crippen LogP contribution in [0.25, 0.3) is 0 Å². The Morgan fingerprint density at radius 1 is 1.04 bits per heavy atom. The molecule has 0 aliphatic heterocycles. The van der Waals surface area contributed by atoms with Crippen LogP contribution in [0.5, 0.6) is 0 Å². The summed E-state index contributed by atoms with van der Waals surface area (Å²) in [6, 6.07) is -3.42. The van der Waals surface area contributed by atoms with Crippen LogP contribution in [0, 0.1) is 5.92 Å². The molecule has 0 aromatic carbocycles. The molecule has 3 atom stereocenters. The molecule has 0 saturated heterocycles. The van der Waals surface area contributed by atoms with E-state index in [1.165, 1.54) is 11.8 Å². The highest BCUT2D eigenvalue weighted by Gasteiger charge is 2.29. The molecule has 9 nitrogen and oxygen atoms in total. The molecule has 0 heterocycles. The Balaban J connectivity index is 4.99. The van der Waals surface area contributed by atoms with Crippen LogP contribution in [-0.4, -0.2) is 64.1 Å². The SMILES string of the molecule is CSCCC(N)C(=O)NC(CC(=O)O)C(=O)NC(CC(C)C)C(=O)O. The predicted octanol–water partition coefficient (Wildman–Crippen LogP) is -0.358. The highest BCUT2D eigenvalue weighted by Crippen LogP contribution is 2.06. The number of carbonyl (C=O) groups excluding carboxylic acids is 2. The third-order valence-electron chi connectivity index (χ3n) is 3.30. The van der Waals surface area contributed by atoms with Crippen LogP contribution in [0.2, 0.25) is 0 Å². The maximum Gasteiger partial charge on any atom is 0.326 e. The first-order valence-electron chi connectivity index (χ1n) is 7.88. The molecule has 0 fully saturated rings. The van der Waals surface area contributed by atoms with Gasteiger partial charge < -0.3 is 26.6 Å². The second kappa shape index (κ2) is 11.7. The van der Waals surface area contributed by atoms with Gasteiger partial charge in [-0.2, -0.15) is 11.8 Å². The molecule has 10 heteroatoms. The summed E-state index contributed by atoms with van der Waals surface area (Å²) in [7, 11) is 0.